The number of nitrogens with zero attached hydrogens (tertiary/aromatic N) is 3. The van der Waals surface area contributed by atoms with Crippen LogP contribution in [-0.2, 0) is 11.3 Å². The summed E-state index contributed by atoms with van der Waals surface area (Å²) in [7, 11) is 0. The highest BCUT2D eigenvalue weighted by Gasteiger charge is 2.12. The second-order valence-electron chi connectivity index (χ2n) is 5.19. The molecule has 1 amide bonds. The van der Waals surface area contributed by atoms with Crippen LogP contribution in [0.2, 0.25) is 0 Å². The predicted molar refractivity (Wildman–Crippen MR) is 83.7 cm³/mol. The van der Waals surface area contributed by atoms with Crippen LogP contribution in [0.3, 0.4) is 0 Å². The van der Waals surface area contributed by atoms with E-state index in [1.165, 1.54) is 4.68 Å². The number of nitrogens with one attached hydrogen (secondary N) is 1. The summed E-state index contributed by atoms with van der Waals surface area (Å²) in [5, 5.41) is 11.2. The van der Waals surface area contributed by atoms with Gasteiger partial charge in [0.2, 0.25) is 5.91 Å². The molecule has 118 valence electrons. The van der Waals surface area contributed by atoms with Crippen molar-refractivity contribution in [1.29, 1.82) is 0 Å². The molecule has 0 saturated carbocycles. The molecule has 0 aliphatic rings. The van der Waals surface area contributed by atoms with Crippen molar-refractivity contribution in [1.82, 2.24) is 20.3 Å². The molecule has 0 unspecified atom stereocenters. The van der Waals surface area contributed by atoms with E-state index in [1.807, 2.05) is 6.92 Å². The minimum Gasteiger partial charge on any atom is -0.467 e. The van der Waals surface area contributed by atoms with Crippen LogP contribution in [0, 0.1) is 0 Å². The molecule has 23 heavy (non-hydrogen) atoms. The molecule has 0 aliphatic heterocycles. The van der Waals surface area contributed by atoms with Crippen LogP contribution in [0.5, 0.6) is 0 Å². The minimum absolute atomic E-state index is 0.137. The fourth-order valence-electron chi connectivity index (χ4n) is 2.30. The third kappa shape index (κ3) is 3.28. The van der Waals surface area contributed by atoms with E-state index in [0.717, 1.165) is 0 Å². The molecule has 1 aromatic carbocycles. The van der Waals surface area contributed by atoms with Gasteiger partial charge >= 0.3 is 0 Å². The second-order valence-corrected chi connectivity index (χ2v) is 5.19. The SMILES string of the molecule is C[C@H](NC(=O)CCn1nnc2ccccc2c1=O)c1ccco1. The predicted octanol–water partition coefficient (Wildman–Crippen LogP) is 1.65. The Hall–Kier alpha value is -2.96. The fraction of sp³-hybridized carbons (Fsp3) is 0.250. The maximum absolute atomic E-state index is 12.3. The molecule has 0 bridgehead atoms. The van der Waals surface area contributed by atoms with E-state index < -0.39 is 0 Å². The number of rotatable bonds is 5. The Balaban J connectivity index is 1.65. The van der Waals surface area contributed by atoms with Crippen molar-refractivity contribution >= 4 is 16.8 Å². The Morgan fingerprint density at radius 1 is 1.30 bits per heavy atom. The average Bonchev–Trinajstić information content (AvgIpc) is 3.09. The summed E-state index contributed by atoms with van der Waals surface area (Å²) in [4.78, 5) is 24.2. The van der Waals surface area contributed by atoms with Crippen LogP contribution < -0.4 is 10.9 Å². The van der Waals surface area contributed by atoms with Gasteiger partial charge in [0.25, 0.3) is 5.56 Å². The molecule has 0 saturated heterocycles. The first-order chi connectivity index (χ1) is 11.1. The zero-order valence-corrected chi connectivity index (χ0v) is 12.6. The highest BCUT2D eigenvalue weighted by atomic mass is 16.3. The summed E-state index contributed by atoms with van der Waals surface area (Å²) < 4.78 is 6.44. The third-order valence-electron chi connectivity index (χ3n) is 3.53. The van der Waals surface area contributed by atoms with Crippen LogP contribution in [0.4, 0.5) is 0 Å². The highest BCUT2D eigenvalue weighted by Crippen LogP contribution is 2.12. The molecule has 0 aliphatic carbocycles. The first kappa shape index (κ1) is 15.0. The van der Waals surface area contributed by atoms with Gasteiger partial charge in [-0.2, -0.15) is 0 Å². The highest BCUT2D eigenvalue weighted by molar-refractivity contribution is 5.77. The van der Waals surface area contributed by atoms with Crippen LogP contribution in [0.15, 0.2) is 51.9 Å². The molecule has 3 aromatic rings. The molecule has 1 atom stereocenters. The molecule has 1 N–H and O–H groups in total. The van der Waals surface area contributed by atoms with Gasteiger partial charge in [-0.15, -0.1) is 5.10 Å². The summed E-state index contributed by atoms with van der Waals surface area (Å²) in [5.74, 6) is 0.497. The topological polar surface area (TPSA) is 90.0 Å². The summed E-state index contributed by atoms with van der Waals surface area (Å²) in [5.41, 5.74) is 0.298. The number of hydrogen-bond acceptors (Lipinski definition) is 5. The van der Waals surface area contributed by atoms with E-state index in [1.54, 1.807) is 42.7 Å². The number of hydrogen-bond donors (Lipinski definition) is 1. The van der Waals surface area contributed by atoms with Gasteiger partial charge in [0.05, 0.1) is 24.2 Å². The van der Waals surface area contributed by atoms with Gasteiger partial charge in [0.1, 0.15) is 11.3 Å². The van der Waals surface area contributed by atoms with Gasteiger partial charge in [-0.05, 0) is 31.2 Å². The van der Waals surface area contributed by atoms with E-state index in [4.69, 9.17) is 4.42 Å². The van der Waals surface area contributed by atoms with Gasteiger partial charge in [0.15, 0.2) is 0 Å². The lowest BCUT2D eigenvalue weighted by Crippen LogP contribution is -2.30. The van der Waals surface area contributed by atoms with Gasteiger partial charge in [0, 0.05) is 6.42 Å². The number of benzene rings is 1. The number of aromatic nitrogens is 3. The number of carbonyl (C=O) groups excluding carboxylic acids is 1. The van der Waals surface area contributed by atoms with Crippen molar-refractivity contribution in [3.63, 3.8) is 0 Å². The van der Waals surface area contributed by atoms with E-state index in [0.29, 0.717) is 16.7 Å². The Morgan fingerprint density at radius 2 is 2.13 bits per heavy atom. The lowest BCUT2D eigenvalue weighted by atomic mass is 10.2. The van der Waals surface area contributed by atoms with Gasteiger partial charge in [-0.25, -0.2) is 4.68 Å². The lowest BCUT2D eigenvalue weighted by Gasteiger charge is -2.11. The molecular weight excluding hydrogens is 296 g/mol. The van der Waals surface area contributed by atoms with E-state index >= 15 is 0 Å². The lowest BCUT2D eigenvalue weighted by molar-refractivity contribution is -0.122. The minimum atomic E-state index is -0.248. The van der Waals surface area contributed by atoms with Gasteiger partial charge in [-0.3, -0.25) is 9.59 Å². The van der Waals surface area contributed by atoms with Crippen molar-refractivity contribution < 1.29 is 9.21 Å². The Kier molecular flexibility index (Phi) is 4.18. The first-order valence-electron chi connectivity index (χ1n) is 7.30. The maximum atomic E-state index is 12.3. The van der Waals surface area contributed by atoms with E-state index in [2.05, 4.69) is 15.6 Å². The summed E-state index contributed by atoms with van der Waals surface area (Å²) in [6.45, 7) is 2.01. The molecule has 2 aromatic heterocycles. The smallest absolute Gasteiger partial charge is 0.277 e. The molecule has 7 heteroatoms. The quantitative estimate of drug-likeness (QED) is 0.773. The number of amides is 1. The first-order valence-corrected chi connectivity index (χ1v) is 7.30. The van der Waals surface area contributed by atoms with Crippen molar-refractivity contribution in [3.05, 3.63) is 58.8 Å². The molecule has 2 heterocycles. The van der Waals surface area contributed by atoms with Crippen molar-refractivity contribution in [3.8, 4) is 0 Å². The Bertz CT molecular complexity index is 870. The van der Waals surface area contributed by atoms with Crippen molar-refractivity contribution in [2.75, 3.05) is 0 Å². The molecule has 7 nitrogen and oxygen atoms in total. The van der Waals surface area contributed by atoms with Crippen LogP contribution in [0.1, 0.15) is 25.1 Å². The molecule has 0 radical (unpaired) electrons. The van der Waals surface area contributed by atoms with Crippen LogP contribution in [0.25, 0.3) is 10.9 Å². The van der Waals surface area contributed by atoms with Crippen molar-refractivity contribution in [2.24, 2.45) is 0 Å². The van der Waals surface area contributed by atoms with E-state index in [-0.39, 0.29) is 30.5 Å². The number of fused-ring (bicyclic) bond motifs is 1. The monoisotopic (exact) mass is 312 g/mol. The second kappa shape index (κ2) is 6.43. The molecule has 0 fully saturated rings. The van der Waals surface area contributed by atoms with Gasteiger partial charge in [-0.1, -0.05) is 17.3 Å². The molecule has 0 spiro atoms. The van der Waals surface area contributed by atoms with Gasteiger partial charge < -0.3 is 9.73 Å². The fourth-order valence-corrected chi connectivity index (χ4v) is 2.30. The van der Waals surface area contributed by atoms with Crippen LogP contribution >= 0.6 is 0 Å². The average molecular weight is 312 g/mol. The summed E-state index contributed by atoms with van der Waals surface area (Å²) in [6.07, 6.45) is 1.69. The summed E-state index contributed by atoms with van der Waals surface area (Å²) in [6, 6.07) is 10.3. The Labute approximate surface area is 131 Å². The summed E-state index contributed by atoms with van der Waals surface area (Å²) >= 11 is 0. The maximum Gasteiger partial charge on any atom is 0.277 e. The van der Waals surface area contributed by atoms with Crippen LogP contribution in [-0.4, -0.2) is 20.9 Å². The number of carbonyl (C=O) groups is 1. The third-order valence-corrected chi connectivity index (χ3v) is 3.53. The number of aryl methyl sites for hydroxylation is 1. The number of furan rings is 1. The normalized spacial score (nSPS) is 12.2. The van der Waals surface area contributed by atoms with Crippen molar-refractivity contribution in [2.45, 2.75) is 25.9 Å². The largest absolute Gasteiger partial charge is 0.467 e. The zero-order valence-electron chi connectivity index (χ0n) is 12.6. The molecular formula is C16H16N4O3. The molecule has 3 rings (SSSR count). The van der Waals surface area contributed by atoms with E-state index in [9.17, 15) is 9.59 Å². The Morgan fingerprint density at radius 3 is 2.91 bits per heavy atom. The zero-order chi connectivity index (χ0) is 16.2. The standard InChI is InChI=1S/C16H16N4O3/c1-11(14-7-4-10-23-14)17-15(21)8-9-20-16(22)12-5-2-3-6-13(12)18-19-20/h2-7,10-11H,8-9H2,1H3,(H,17,21)/t11-/m0/s1.